The molecule has 1 spiro atoms. The molecule has 9 nitrogen and oxygen atoms in total. The highest BCUT2D eigenvalue weighted by Crippen LogP contribution is 2.36. The van der Waals surface area contributed by atoms with Gasteiger partial charge >= 0.3 is 6.03 Å². The zero-order chi connectivity index (χ0) is 27.5. The highest BCUT2D eigenvalue weighted by Gasteiger charge is 2.39. The highest BCUT2D eigenvalue weighted by molar-refractivity contribution is 7.89. The predicted molar refractivity (Wildman–Crippen MR) is 148 cm³/mol. The van der Waals surface area contributed by atoms with Crippen molar-refractivity contribution < 1.29 is 23.1 Å². The Bertz CT molecular complexity index is 1220. The number of hydrogen-bond donors (Lipinski definition) is 3. The first-order valence-electron chi connectivity index (χ1n) is 13.2. The number of sulfonamides is 1. The van der Waals surface area contributed by atoms with E-state index < -0.39 is 16.1 Å². The molecular weight excluding hydrogens is 504 g/mol. The van der Waals surface area contributed by atoms with E-state index >= 15 is 0 Å². The lowest BCUT2D eigenvalue weighted by molar-refractivity contribution is 0.0255. The molecule has 2 amide bonds. The number of nitrogens with zero attached hydrogens (tertiary/aromatic N) is 2. The average molecular weight is 545 g/mol. The molecule has 0 radical (unpaired) electrons. The van der Waals surface area contributed by atoms with Crippen LogP contribution in [0, 0.1) is 12.3 Å². The summed E-state index contributed by atoms with van der Waals surface area (Å²) < 4.78 is 35.1. The average Bonchev–Trinajstić information content (AvgIpc) is 2.87. The first kappa shape index (κ1) is 28.4. The first-order chi connectivity index (χ1) is 18.0. The van der Waals surface area contributed by atoms with Gasteiger partial charge in [0.05, 0.1) is 12.7 Å². The van der Waals surface area contributed by atoms with Crippen molar-refractivity contribution in [3.63, 3.8) is 0 Å². The molecular formula is C28H40N4O5S. The van der Waals surface area contributed by atoms with E-state index in [9.17, 15) is 18.3 Å². The molecule has 1 unspecified atom stereocenters. The Balaban J connectivity index is 1.55. The Hall–Kier alpha value is -2.66. The highest BCUT2D eigenvalue weighted by atomic mass is 32.2. The summed E-state index contributed by atoms with van der Waals surface area (Å²) in [7, 11) is -1.95. The summed E-state index contributed by atoms with van der Waals surface area (Å²) in [5.74, 6) is 0.526. The van der Waals surface area contributed by atoms with Gasteiger partial charge in [0.25, 0.3) is 0 Å². The molecule has 0 aromatic heterocycles. The van der Waals surface area contributed by atoms with Crippen LogP contribution in [0.4, 0.5) is 10.5 Å². The monoisotopic (exact) mass is 544 g/mol. The molecule has 0 saturated carbocycles. The van der Waals surface area contributed by atoms with Gasteiger partial charge in [-0.1, -0.05) is 37.6 Å². The number of piperidine rings is 1. The number of carbonyl (C=O) groups is 1. The van der Waals surface area contributed by atoms with E-state index in [2.05, 4.69) is 10.0 Å². The van der Waals surface area contributed by atoms with Crippen molar-refractivity contribution in [2.45, 2.75) is 50.5 Å². The van der Waals surface area contributed by atoms with Gasteiger partial charge in [0, 0.05) is 43.8 Å². The maximum Gasteiger partial charge on any atom is 0.321 e. The maximum absolute atomic E-state index is 13.1. The van der Waals surface area contributed by atoms with Crippen LogP contribution in [-0.4, -0.2) is 81.8 Å². The summed E-state index contributed by atoms with van der Waals surface area (Å²) in [6.45, 7) is 8.41. The van der Waals surface area contributed by atoms with Crippen LogP contribution < -0.4 is 14.8 Å². The molecule has 2 aliphatic rings. The van der Waals surface area contributed by atoms with Crippen molar-refractivity contribution in [2.24, 2.45) is 5.41 Å². The van der Waals surface area contributed by atoms with Crippen LogP contribution in [0.2, 0.25) is 0 Å². The van der Waals surface area contributed by atoms with Crippen LogP contribution >= 0.6 is 0 Å². The molecule has 4 rings (SSSR count). The molecule has 2 heterocycles. The number of aliphatic hydroxyl groups excluding tert-OH is 1. The molecule has 2 aliphatic heterocycles. The number of benzene rings is 2. The fourth-order valence-corrected chi connectivity index (χ4v) is 6.36. The van der Waals surface area contributed by atoms with Crippen molar-refractivity contribution in [1.82, 2.24) is 14.5 Å². The molecule has 2 aromatic rings. The fourth-order valence-electron chi connectivity index (χ4n) is 5.17. The molecule has 208 valence electrons. The standard InChI is InChI=1S/C28H40N4O5S/c1-20(2)22-7-10-26-25(15-22)37-19-28(18-31(4)17-24(33)16-29-38(26,35)36)11-13-32(14-12-28)27(34)30-23-8-5-21(3)6-9-23/h5-10,15,20,24,29,33H,11-14,16-19H2,1-4H3,(H,30,34). The minimum Gasteiger partial charge on any atom is -0.492 e. The number of carbonyl (C=O) groups excluding carboxylic acids is 1. The lowest BCUT2D eigenvalue weighted by Gasteiger charge is -2.44. The molecule has 2 aromatic carbocycles. The van der Waals surface area contributed by atoms with E-state index in [0.29, 0.717) is 51.4 Å². The number of hydrogen-bond acceptors (Lipinski definition) is 6. The second kappa shape index (κ2) is 11.6. The Labute approximate surface area is 226 Å². The summed E-state index contributed by atoms with van der Waals surface area (Å²) >= 11 is 0. The van der Waals surface area contributed by atoms with Gasteiger partial charge in [0.1, 0.15) is 10.6 Å². The quantitative estimate of drug-likeness (QED) is 0.535. The number of β-amino-alcohol motifs (C(OH)–C–C–N with tert-alkyl or cyclic N) is 1. The predicted octanol–water partition coefficient (Wildman–Crippen LogP) is 3.40. The Kier molecular flexibility index (Phi) is 8.66. The lowest BCUT2D eigenvalue weighted by atomic mass is 9.78. The van der Waals surface area contributed by atoms with Gasteiger partial charge in [0.2, 0.25) is 10.0 Å². The van der Waals surface area contributed by atoms with Crippen LogP contribution in [0.5, 0.6) is 5.75 Å². The summed E-state index contributed by atoms with van der Waals surface area (Å²) in [5, 5.41) is 13.5. The Morgan fingerprint density at radius 2 is 1.84 bits per heavy atom. The van der Waals surface area contributed by atoms with Crippen LogP contribution in [0.3, 0.4) is 0 Å². The third-order valence-corrected chi connectivity index (χ3v) is 8.97. The van der Waals surface area contributed by atoms with E-state index in [1.54, 1.807) is 6.07 Å². The van der Waals surface area contributed by atoms with E-state index in [-0.39, 0.29) is 28.8 Å². The fraction of sp³-hybridized carbons (Fsp3) is 0.536. The minimum absolute atomic E-state index is 0.0769. The number of urea groups is 1. The van der Waals surface area contributed by atoms with E-state index in [1.807, 2.05) is 74.0 Å². The zero-order valence-corrected chi connectivity index (χ0v) is 23.6. The maximum atomic E-state index is 13.1. The normalized spacial score (nSPS) is 22.2. The van der Waals surface area contributed by atoms with Gasteiger partial charge < -0.3 is 25.0 Å². The number of aryl methyl sites for hydroxylation is 1. The first-order valence-corrected chi connectivity index (χ1v) is 14.7. The number of rotatable bonds is 2. The number of likely N-dealkylation sites (tertiary alicyclic amines) is 1. The molecule has 1 atom stereocenters. The van der Waals surface area contributed by atoms with E-state index in [0.717, 1.165) is 16.8 Å². The third kappa shape index (κ3) is 6.85. The van der Waals surface area contributed by atoms with E-state index in [4.69, 9.17) is 4.74 Å². The molecule has 1 fully saturated rings. The zero-order valence-electron chi connectivity index (χ0n) is 22.7. The molecule has 0 aliphatic carbocycles. The van der Waals surface area contributed by atoms with Crippen LogP contribution in [0.25, 0.3) is 0 Å². The van der Waals surface area contributed by atoms with Crippen LogP contribution in [-0.2, 0) is 10.0 Å². The summed E-state index contributed by atoms with van der Waals surface area (Å²) in [6.07, 6.45) is 0.531. The molecule has 38 heavy (non-hydrogen) atoms. The van der Waals surface area contributed by atoms with Gasteiger partial charge in [-0.05, 0) is 62.6 Å². The van der Waals surface area contributed by atoms with Crippen molar-refractivity contribution >= 4 is 21.7 Å². The lowest BCUT2D eigenvalue weighted by Crippen LogP contribution is -2.52. The molecule has 10 heteroatoms. The largest absolute Gasteiger partial charge is 0.492 e. The topological polar surface area (TPSA) is 111 Å². The molecule has 1 saturated heterocycles. The van der Waals surface area contributed by atoms with Gasteiger partial charge in [0.15, 0.2) is 0 Å². The van der Waals surface area contributed by atoms with Gasteiger partial charge in [-0.15, -0.1) is 0 Å². The smallest absolute Gasteiger partial charge is 0.321 e. The van der Waals surface area contributed by atoms with Crippen molar-refractivity contribution in [1.29, 1.82) is 0 Å². The van der Waals surface area contributed by atoms with Crippen molar-refractivity contribution in [2.75, 3.05) is 51.7 Å². The number of likely N-dealkylation sites (N-methyl/N-ethyl adjacent to an activating group) is 1. The van der Waals surface area contributed by atoms with Gasteiger partial charge in [-0.3, -0.25) is 0 Å². The third-order valence-electron chi connectivity index (χ3n) is 7.51. The number of fused-ring (bicyclic) bond motifs is 1. The summed E-state index contributed by atoms with van der Waals surface area (Å²) in [5.41, 5.74) is 2.57. The van der Waals surface area contributed by atoms with E-state index in [1.165, 1.54) is 0 Å². The summed E-state index contributed by atoms with van der Waals surface area (Å²) in [4.78, 5) is 16.9. The molecule has 0 bridgehead atoms. The summed E-state index contributed by atoms with van der Waals surface area (Å²) in [6, 6.07) is 12.8. The van der Waals surface area contributed by atoms with Crippen LogP contribution in [0.15, 0.2) is 47.4 Å². The molecule has 3 N–H and O–H groups in total. The Morgan fingerprint density at radius 3 is 2.50 bits per heavy atom. The van der Waals surface area contributed by atoms with Crippen LogP contribution in [0.1, 0.15) is 43.7 Å². The van der Waals surface area contributed by atoms with Gasteiger partial charge in [-0.2, -0.15) is 0 Å². The minimum atomic E-state index is -3.87. The van der Waals surface area contributed by atoms with Crippen molar-refractivity contribution in [3.05, 3.63) is 53.6 Å². The number of ether oxygens (including phenoxy) is 1. The van der Waals surface area contributed by atoms with Crippen molar-refractivity contribution in [3.8, 4) is 5.75 Å². The Morgan fingerprint density at radius 1 is 1.16 bits per heavy atom. The SMILES string of the molecule is Cc1ccc(NC(=O)N2CCC3(CC2)COc2cc(C(C)C)ccc2S(=O)(=O)NCC(O)CN(C)C3)cc1. The second-order valence-electron chi connectivity index (χ2n) is 11.1. The second-order valence-corrected chi connectivity index (χ2v) is 12.9. The van der Waals surface area contributed by atoms with Gasteiger partial charge in [-0.25, -0.2) is 17.9 Å². The number of amides is 2. The number of aliphatic hydroxyl groups is 1. The number of nitrogens with one attached hydrogen (secondary N) is 2. The number of anilines is 1.